The standard InChI is InChI=1S/C7H11.C5H5.C3H9P.Ti/c1-6(2)5-7(3)4;1-2-4-5-3-1;1-4(2)3;/h1,5H,2-4H3;1-3H,4H2;1-3H3;. The van der Waals surface area contributed by atoms with Gasteiger partial charge in [0.05, 0.1) is 0 Å². The maximum absolute atomic E-state index is 2.42. The summed E-state index contributed by atoms with van der Waals surface area (Å²) in [5.41, 5.74) is 2.81. The Morgan fingerprint density at radius 3 is 2.24 bits per heavy atom. The van der Waals surface area contributed by atoms with Crippen molar-refractivity contribution in [1.29, 1.82) is 0 Å². The molecule has 0 aromatic rings. The van der Waals surface area contributed by atoms with Crippen molar-refractivity contribution in [3.8, 4) is 0 Å². The van der Waals surface area contributed by atoms with E-state index in [4.69, 9.17) is 0 Å². The first kappa shape index (κ1) is 17.1. The summed E-state index contributed by atoms with van der Waals surface area (Å²) in [4.78, 5) is 0. The van der Waals surface area contributed by atoms with Gasteiger partial charge in [-0.1, -0.05) is 0 Å². The maximum atomic E-state index is 2.42. The zero-order valence-corrected chi connectivity index (χ0v) is 14.5. The molecule has 0 spiro atoms. The fraction of sp³-hybridized carbons (Fsp3) is 0.467. The van der Waals surface area contributed by atoms with E-state index in [2.05, 4.69) is 69.5 Å². The summed E-state index contributed by atoms with van der Waals surface area (Å²) in [6, 6.07) is 0. The van der Waals surface area contributed by atoms with E-state index in [1.165, 1.54) is 17.6 Å². The summed E-state index contributed by atoms with van der Waals surface area (Å²) in [5, 5.41) is 0. The van der Waals surface area contributed by atoms with Gasteiger partial charge in [-0.25, -0.2) is 0 Å². The van der Waals surface area contributed by atoms with E-state index in [0.29, 0.717) is 7.92 Å². The average molecular weight is 284 g/mol. The molecule has 1 aliphatic carbocycles. The van der Waals surface area contributed by atoms with Crippen molar-refractivity contribution in [2.45, 2.75) is 27.2 Å². The molecular weight excluding hydrogens is 259 g/mol. The molecule has 94 valence electrons. The van der Waals surface area contributed by atoms with E-state index in [1.807, 2.05) is 0 Å². The summed E-state index contributed by atoms with van der Waals surface area (Å²) in [5.74, 6) is 0. The second-order valence-corrected chi connectivity index (χ2v) is 9.51. The Kier molecular flexibility index (Phi) is 10.1. The third-order valence-corrected chi connectivity index (χ3v) is 3.87. The third-order valence-electron chi connectivity index (χ3n) is 1.77. The Morgan fingerprint density at radius 2 is 1.82 bits per heavy atom. The van der Waals surface area contributed by atoms with Crippen LogP contribution in [0.4, 0.5) is 0 Å². The molecule has 0 atom stereocenters. The molecule has 0 aromatic heterocycles. The van der Waals surface area contributed by atoms with E-state index in [1.54, 1.807) is 3.88 Å². The summed E-state index contributed by atoms with van der Waals surface area (Å²) in [7, 11) is 0.380. The van der Waals surface area contributed by atoms with Crippen LogP contribution in [0.1, 0.15) is 27.2 Å². The van der Waals surface area contributed by atoms with E-state index in [0.717, 1.165) is 0 Å². The zero-order chi connectivity index (χ0) is 13.3. The number of rotatable bonds is 3. The van der Waals surface area contributed by atoms with Gasteiger partial charge in [0.1, 0.15) is 0 Å². The van der Waals surface area contributed by atoms with Gasteiger partial charge in [-0.15, -0.1) is 7.92 Å². The van der Waals surface area contributed by atoms with Crippen LogP contribution in [-0.2, 0) is 19.2 Å². The number of hydrogen-bond acceptors (Lipinski definition) is 0. The molecule has 1 rings (SSSR count). The van der Waals surface area contributed by atoms with Crippen molar-refractivity contribution in [2.75, 3.05) is 20.0 Å². The van der Waals surface area contributed by atoms with E-state index in [9.17, 15) is 0 Å². The van der Waals surface area contributed by atoms with Crippen LogP contribution in [-0.4, -0.2) is 20.0 Å². The van der Waals surface area contributed by atoms with Crippen LogP contribution in [0.15, 0.2) is 43.7 Å². The molecule has 0 unspecified atom stereocenters. The van der Waals surface area contributed by atoms with Gasteiger partial charge in [0.15, 0.2) is 0 Å². The smallest absolute Gasteiger partial charge is 0.0449 e. The van der Waals surface area contributed by atoms with Gasteiger partial charge in [0, 0.05) is 0 Å². The summed E-state index contributed by atoms with van der Waals surface area (Å²) in [6.45, 7) is 13.2. The molecule has 0 radical (unpaired) electrons. The minimum Gasteiger partial charge on any atom is -0.116 e. The van der Waals surface area contributed by atoms with Gasteiger partial charge >= 0.3 is 90.1 Å². The summed E-state index contributed by atoms with van der Waals surface area (Å²) < 4.78 is 4.06. The Hall–Kier alpha value is 0.104. The molecule has 0 bridgehead atoms. The van der Waals surface area contributed by atoms with Gasteiger partial charge in [0.2, 0.25) is 0 Å². The normalized spacial score (nSPS) is 14.1. The second-order valence-electron chi connectivity index (χ2n) is 4.92. The molecule has 17 heavy (non-hydrogen) atoms. The molecule has 2 heteroatoms. The molecule has 0 nitrogen and oxygen atoms in total. The molecule has 0 saturated heterocycles. The van der Waals surface area contributed by atoms with Crippen LogP contribution >= 0.6 is 7.92 Å². The first-order valence-electron chi connectivity index (χ1n) is 5.96. The van der Waals surface area contributed by atoms with E-state index >= 15 is 0 Å². The van der Waals surface area contributed by atoms with Crippen molar-refractivity contribution in [1.82, 2.24) is 0 Å². The molecule has 0 N–H and O–H groups in total. The number of hydrogen-bond donors (Lipinski definition) is 0. The van der Waals surface area contributed by atoms with Crippen molar-refractivity contribution in [2.24, 2.45) is 0 Å². The maximum Gasteiger partial charge on any atom is -0.0449 e. The fourth-order valence-electron chi connectivity index (χ4n) is 1.26. The molecule has 0 fully saturated rings. The number of allylic oxidation sites excluding steroid dienone is 7. The second kappa shape index (κ2) is 10.1. The Labute approximate surface area is 118 Å². The van der Waals surface area contributed by atoms with Gasteiger partial charge in [0.25, 0.3) is 0 Å². The first-order chi connectivity index (χ1) is 7.91. The summed E-state index contributed by atoms with van der Waals surface area (Å²) >= 11 is 0.0104. The fourth-order valence-corrected chi connectivity index (χ4v) is 2.70. The topological polar surface area (TPSA) is 0 Å². The van der Waals surface area contributed by atoms with E-state index < -0.39 is 0 Å². The molecule has 0 heterocycles. The predicted octanol–water partition coefficient (Wildman–Crippen LogP) is 5.14. The largest absolute Gasteiger partial charge is 0.116 e. The first-order valence-corrected chi connectivity index (χ1v) is 10.3. The molecule has 1 aliphatic rings. The average Bonchev–Trinajstić information content (AvgIpc) is 2.64. The van der Waals surface area contributed by atoms with Gasteiger partial charge in [-0.05, 0) is 20.0 Å². The molecular formula is C15H25PTi. The quantitative estimate of drug-likeness (QED) is 0.382. The van der Waals surface area contributed by atoms with E-state index in [-0.39, 0.29) is 19.2 Å². The van der Waals surface area contributed by atoms with Crippen molar-refractivity contribution < 1.29 is 19.2 Å². The van der Waals surface area contributed by atoms with Gasteiger partial charge < -0.3 is 0 Å². The Balaban J connectivity index is 0.000000557. The van der Waals surface area contributed by atoms with Crippen LogP contribution < -0.4 is 0 Å². The van der Waals surface area contributed by atoms with Crippen molar-refractivity contribution in [3.63, 3.8) is 0 Å². The van der Waals surface area contributed by atoms with Crippen molar-refractivity contribution in [3.05, 3.63) is 43.7 Å². The van der Waals surface area contributed by atoms with Crippen molar-refractivity contribution >= 4 is 7.92 Å². The zero-order valence-electron chi connectivity index (χ0n) is 12.0. The van der Waals surface area contributed by atoms with Crippen LogP contribution in [0.3, 0.4) is 0 Å². The third kappa shape index (κ3) is 12.4. The molecule has 0 amide bonds. The van der Waals surface area contributed by atoms with Crippen LogP contribution in [0.5, 0.6) is 0 Å². The monoisotopic (exact) mass is 284 g/mol. The SMILES string of the molecule is CC(C)=CC(C)=[CH][Ti][C]1=CC=CC1.CP(C)C. The molecule has 0 saturated carbocycles. The van der Waals surface area contributed by atoms with Crippen LogP contribution in [0, 0.1) is 0 Å². The molecule has 0 aromatic carbocycles. The molecule has 0 aliphatic heterocycles. The Morgan fingerprint density at radius 1 is 1.24 bits per heavy atom. The van der Waals surface area contributed by atoms with Gasteiger partial charge in [-0.2, -0.15) is 0 Å². The van der Waals surface area contributed by atoms with Gasteiger partial charge in [-0.3, -0.25) is 0 Å². The minimum absolute atomic E-state index is 0.0104. The minimum atomic E-state index is 0.0104. The van der Waals surface area contributed by atoms with Crippen LogP contribution in [0.2, 0.25) is 0 Å². The predicted molar refractivity (Wildman–Crippen MR) is 79.7 cm³/mol. The van der Waals surface area contributed by atoms with Crippen LogP contribution in [0.25, 0.3) is 0 Å². The summed E-state index contributed by atoms with van der Waals surface area (Å²) in [6.07, 6.45) is 10.1. The Bertz CT molecular complexity index is 326.